The molecular weight excluding hydrogens is 268 g/mol. The SMILES string of the molecule is Nc1nc2nc(-c3ccc(Cl)cc3N)[nH]c2c(=O)[nH]1. The van der Waals surface area contributed by atoms with Gasteiger partial charge in [0.2, 0.25) is 5.95 Å². The van der Waals surface area contributed by atoms with E-state index >= 15 is 0 Å². The molecule has 0 spiro atoms. The first-order chi connectivity index (χ1) is 9.04. The molecule has 0 fully saturated rings. The fourth-order valence-electron chi connectivity index (χ4n) is 1.80. The van der Waals surface area contributed by atoms with Gasteiger partial charge in [-0.25, -0.2) is 4.98 Å². The molecule has 0 saturated carbocycles. The Kier molecular flexibility index (Phi) is 2.42. The Morgan fingerprint density at radius 2 is 1.95 bits per heavy atom. The molecule has 19 heavy (non-hydrogen) atoms. The van der Waals surface area contributed by atoms with E-state index in [2.05, 4.69) is 19.9 Å². The van der Waals surface area contributed by atoms with Crippen molar-refractivity contribution in [3.63, 3.8) is 0 Å². The fourth-order valence-corrected chi connectivity index (χ4v) is 1.98. The third kappa shape index (κ3) is 1.89. The summed E-state index contributed by atoms with van der Waals surface area (Å²) in [6.45, 7) is 0. The maximum atomic E-state index is 11.7. The zero-order valence-corrected chi connectivity index (χ0v) is 10.3. The number of nitrogen functional groups attached to an aromatic ring is 2. The highest BCUT2D eigenvalue weighted by Crippen LogP contribution is 2.27. The molecule has 3 rings (SSSR count). The molecule has 3 aromatic rings. The minimum absolute atomic E-state index is 0.0135. The van der Waals surface area contributed by atoms with E-state index < -0.39 is 0 Å². The Morgan fingerprint density at radius 3 is 2.68 bits per heavy atom. The first kappa shape index (κ1) is 11.5. The second-order valence-corrected chi connectivity index (χ2v) is 4.40. The average molecular weight is 277 g/mol. The number of fused-ring (bicyclic) bond motifs is 1. The third-order valence-corrected chi connectivity index (χ3v) is 2.88. The van der Waals surface area contributed by atoms with E-state index in [4.69, 9.17) is 23.1 Å². The van der Waals surface area contributed by atoms with Gasteiger partial charge < -0.3 is 16.5 Å². The number of imidazole rings is 1. The molecule has 0 unspecified atom stereocenters. The number of hydrogen-bond acceptors (Lipinski definition) is 5. The second-order valence-electron chi connectivity index (χ2n) is 3.97. The first-order valence-corrected chi connectivity index (χ1v) is 5.73. The predicted octanol–water partition coefficient (Wildman–Crippen LogP) is 1.13. The van der Waals surface area contributed by atoms with E-state index in [1.54, 1.807) is 18.2 Å². The molecule has 0 bridgehead atoms. The summed E-state index contributed by atoms with van der Waals surface area (Å²) in [6.07, 6.45) is 0. The van der Waals surface area contributed by atoms with Crippen molar-refractivity contribution in [1.82, 2.24) is 19.9 Å². The topological polar surface area (TPSA) is 126 Å². The van der Waals surface area contributed by atoms with Gasteiger partial charge in [-0.3, -0.25) is 9.78 Å². The number of anilines is 2. The quantitative estimate of drug-likeness (QED) is 0.496. The van der Waals surface area contributed by atoms with Crippen LogP contribution in [0.4, 0.5) is 11.6 Å². The number of H-pyrrole nitrogens is 2. The average Bonchev–Trinajstić information content (AvgIpc) is 2.72. The van der Waals surface area contributed by atoms with Gasteiger partial charge in [0.25, 0.3) is 5.56 Å². The Morgan fingerprint density at radius 1 is 1.16 bits per heavy atom. The van der Waals surface area contributed by atoms with Gasteiger partial charge in [-0.05, 0) is 18.2 Å². The molecule has 0 aliphatic carbocycles. The normalized spacial score (nSPS) is 11.0. The minimum Gasteiger partial charge on any atom is -0.398 e. The summed E-state index contributed by atoms with van der Waals surface area (Å²) in [5.41, 5.74) is 12.5. The van der Waals surface area contributed by atoms with Crippen LogP contribution in [0.3, 0.4) is 0 Å². The van der Waals surface area contributed by atoms with E-state index in [0.717, 1.165) is 0 Å². The highest BCUT2D eigenvalue weighted by atomic mass is 35.5. The molecule has 96 valence electrons. The number of aromatic amines is 2. The Bertz CT molecular complexity index is 837. The summed E-state index contributed by atoms with van der Waals surface area (Å²) in [5.74, 6) is 0.451. The molecule has 0 aliphatic heterocycles. The van der Waals surface area contributed by atoms with E-state index in [1.165, 1.54) is 0 Å². The van der Waals surface area contributed by atoms with Crippen molar-refractivity contribution in [2.45, 2.75) is 0 Å². The molecule has 0 saturated heterocycles. The standard InChI is InChI=1S/C11H9ClN6O/c12-4-1-2-5(6(13)3-4)8-15-7-9(16-8)17-11(14)18-10(7)19/h1-3H,13H2,(H4,14,15,16,17,18,19). The van der Waals surface area contributed by atoms with E-state index in [1.807, 2.05) is 0 Å². The van der Waals surface area contributed by atoms with Crippen molar-refractivity contribution in [2.24, 2.45) is 0 Å². The van der Waals surface area contributed by atoms with Gasteiger partial charge in [-0.2, -0.15) is 4.98 Å². The number of rotatable bonds is 1. The molecule has 8 heteroatoms. The lowest BCUT2D eigenvalue weighted by atomic mass is 10.2. The summed E-state index contributed by atoms with van der Waals surface area (Å²) < 4.78 is 0. The number of benzene rings is 1. The lowest BCUT2D eigenvalue weighted by Gasteiger charge is -2.01. The van der Waals surface area contributed by atoms with E-state index in [-0.39, 0.29) is 22.7 Å². The predicted molar refractivity (Wildman–Crippen MR) is 73.8 cm³/mol. The zero-order chi connectivity index (χ0) is 13.6. The van der Waals surface area contributed by atoms with Crippen LogP contribution in [0.1, 0.15) is 0 Å². The highest BCUT2D eigenvalue weighted by Gasteiger charge is 2.12. The highest BCUT2D eigenvalue weighted by molar-refractivity contribution is 6.31. The van der Waals surface area contributed by atoms with Crippen LogP contribution in [0.15, 0.2) is 23.0 Å². The number of nitrogens with zero attached hydrogens (tertiary/aromatic N) is 2. The minimum atomic E-state index is -0.381. The van der Waals surface area contributed by atoms with Crippen LogP contribution in [0.25, 0.3) is 22.6 Å². The van der Waals surface area contributed by atoms with Crippen LogP contribution in [-0.4, -0.2) is 19.9 Å². The number of nitrogens with one attached hydrogen (secondary N) is 2. The summed E-state index contributed by atoms with van der Waals surface area (Å²) in [6, 6.07) is 5.01. The largest absolute Gasteiger partial charge is 0.398 e. The van der Waals surface area contributed by atoms with Gasteiger partial charge in [0.05, 0.1) is 0 Å². The zero-order valence-electron chi connectivity index (χ0n) is 9.57. The van der Waals surface area contributed by atoms with Crippen molar-refractivity contribution >= 4 is 34.4 Å². The summed E-state index contributed by atoms with van der Waals surface area (Å²) in [7, 11) is 0. The van der Waals surface area contributed by atoms with Crippen LogP contribution >= 0.6 is 11.6 Å². The Labute approximate surface area is 111 Å². The maximum absolute atomic E-state index is 11.7. The van der Waals surface area contributed by atoms with Crippen molar-refractivity contribution in [3.8, 4) is 11.4 Å². The number of halogens is 1. The number of aromatic nitrogens is 4. The molecule has 7 nitrogen and oxygen atoms in total. The lowest BCUT2D eigenvalue weighted by Crippen LogP contribution is -2.10. The van der Waals surface area contributed by atoms with E-state index in [9.17, 15) is 4.79 Å². The van der Waals surface area contributed by atoms with Crippen molar-refractivity contribution in [2.75, 3.05) is 11.5 Å². The van der Waals surface area contributed by atoms with Crippen molar-refractivity contribution in [3.05, 3.63) is 33.6 Å². The van der Waals surface area contributed by atoms with Gasteiger partial charge in [0, 0.05) is 16.3 Å². The fraction of sp³-hybridized carbons (Fsp3) is 0. The summed E-state index contributed by atoms with van der Waals surface area (Å²) >= 11 is 5.83. The molecule has 2 heterocycles. The number of nitrogens with two attached hydrogens (primary N) is 2. The van der Waals surface area contributed by atoms with Gasteiger partial charge in [-0.15, -0.1) is 0 Å². The molecule has 2 aromatic heterocycles. The first-order valence-electron chi connectivity index (χ1n) is 5.35. The van der Waals surface area contributed by atoms with Crippen molar-refractivity contribution < 1.29 is 0 Å². The van der Waals surface area contributed by atoms with Gasteiger partial charge in [-0.1, -0.05) is 11.6 Å². The molecular formula is C11H9ClN6O. The maximum Gasteiger partial charge on any atom is 0.278 e. The summed E-state index contributed by atoms with van der Waals surface area (Å²) in [5, 5.41) is 0.526. The number of hydrogen-bond donors (Lipinski definition) is 4. The summed E-state index contributed by atoms with van der Waals surface area (Å²) in [4.78, 5) is 25.1. The van der Waals surface area contributed by atoms with Crippen LogP contribution in [-0.2, 0) is 0 Å². The van der Waals surface area contributed by atoms with Crippen LogP contribution < -0.4 is 17.0 Å². The van der Waals surface area contributed by atoms with Gasteiger partial charge >= 0.3 is 0 Å². The third-order valence-electron chi connectivity index (χ3n) is 2.65. The van der Waals surface area contributed by atoms with Crippen LogP contribution in [0, 0.1) is 0 Å². The second kappa shape index (κ2) is 3.99. The molecule has 0 amide bonds. The Balaban J connectivity index is 2.26. The van der Waals surface area contributed by atoms with Crippen LogP contribution in [0.5, 0.6) is 0 Å². The lowest BCUT2D eigenvalue weighted by molar-refractivity contribution is 1.17. The molecule has 0 atom stereocenters. The molecule has 0 radical (unpaired) electrons. The van der Waals surface area contributed by atoms with Crippen molar-refractivity contribution in [1.29, 1.82) is 0 Å². The van der Waals surface area contributed by atoms with Gasteiger partial charge in [0.15, 0.2) is 11.2 Å². The van der Waals surface area contributed by atoms with E-state index in [0.29, 0.717) is 22.1 Å². The van der Waals surface area contributed by atoms with Gasteiger partial charge in [0.1, 0.15) is 5.82 Å². The molecule has 1 aromatic carbocycles. The Hall–Kier alpha value is -2.54. The monoisotopic (exact) mass is 276 g/mol. The molecule has 6 N–H and O–H groups in total. The molecule has 0 aliphatic rings. The smallest absolute Gasteiger partial charge is 0.278 e. The van der Waals surface area contributed by atoms with Crippen LogP contribution in [0.2, 0.25) is 5.02 Å².